The molecule has 1 saturated carbocycles. The van der Waals surface area contributed by atoms with Crippen molar-refractivity contribution in [2.75, 3.05) is 11.1 Å². The van der Waals surface area contributed by atoms with E-state index >= 15 is 0 Å². The summed E-state index contributed by atoms with van der Waals surface area (Å²) in [7, 11) is 1.91. The Hall–Kier alpha value is -1.89. The Morgan fingerprint density at radius 2 is 2.23 bits per heavy atom. The van der Waals surface area contributed by atoms with E-state index in [0.29, 0.717) is 11.1 Å². The van der Waals surface area contributed by atoms with Gasteiger partial charge in [0.15, 0.2) is 5.16 Å². The number of nitrogens with zero attached hydrogens (tertiary/aromatic N) is 3. The summed E-state index contributed by atoms with van der Waals surface area (Å²) in [6.07, 6.45) is 2.31. The second kappa shape index (κ2) is 6.08. The predicted molar refractivity (Wildman–Crippen MR) is 83.5 cm³/mol. The van der Waals surface area contributed by atoms with Gasteiger partial charge in [-0.1, -0.05) is 17.8 Å². The van der Waals surface area contributed by atoms with Crippen molar-refractivity contribution >= 4 is 23.4 Å². The van der Waals surface area contributed by atoms with Crippen LogP contribution in [0.1, 0.15) is 30.1 Å². The third kappa shape index (κ3) is 3.30. The van der Waals surface area contributed by atoms with Crippen LogP contribution in [0.25, 0.3) is 0 Å². The highest BCUT2D eigenvalue weighted by Crippen LogP contribution is 2.39. The summed E-state index contributed by atoms with van der Waals surface area (Å²) in [5.74, 6) is 0.982. The monoisotopic (exact) mass is 320 g/mol. The maximum absolute atomic E-state index is 13.7. The molecule has 7 heteroatoms. The highest BCUT2D eigenvalue weighted by Gasteiger charge is 2.29. The number of carbonyl (C=O) groups is 1. The van der Waals surface area contributed by atoms with Gasteiger partial charge < -0.3 is 9.88 Å². The summed E-state index contributed by atoms with van der Waals surface area (Å²) in [5, 5.41) is 11.6. The number of nitrogens with one attached hydrogen (secondary N) is 1. The number of hydrogen-bond donors (Lipinski definition) is 1. The molecule has 22 heavy (non-hydrogen) atoms. The first-order valence-electron chi connectivity index (χ1n) is 7.12. The number of aromatic nitrogens is 3. The van der Waals surface area contributed by atoms with Crippen molar-refractivity contribution < 1.29 is 9.18 Å². The number of thioether (sulfide) groups is 1. The molecule has 0 bridgehead atoms. The second-order valence-corrected chi connectivity index (χ2v) is 6.44. The first-order valence-corrected chi connectivity index (χ1v) is 8.11. The average molecular weight is 320 g/mol. The molecule has 0 atom stereocenters. The molecule has 1 aliphatic rings. The van der Waals surface area contributed by atoms with Gasteiger partial charge >= 0.3 is 0 Å². The van der Waals surface area contributed by atoms with Gasteiger partial charge in [0.05, 0.1) is 11.4 Å². The van der Waals surface area contributed by atoms with Crippen molar-refractivity contribution in [1.82, 2.24) is 14.8 Å². The molecule has 1 fully saturated rings. The van der Waals surface area contributed by atoms with Crippen molar-refractivity contribution in [2.24, 2.45) is 7.05 Å². The van der Waals surface area contributed by atoms with Crippen LogP contribution in [0, 0.1) is 12.7 Å². The smallest absolute Gasteiger partial charge is 0.234 e. The van der Waals surface area contributed by atoms with Crippen molar-refractivity contribution in [2.45, 2.75) is 30.8 Å². The molecule has 1 N–H and O–H groups in total. The van der Waals surface area contributed by atoms with E-state index in [1.165, 1.54) is 17.8 Å². The normalized spacial score (nSPS) is 14.1. The van der Waals surface area contributed by atoms with E-state index in [4.69, 9.17) is 0 Å². The van der Waals surface area contributed by atoms with Gasteiger partial charge in [0, 0.05) is 13.0 Å². The fourth-order valence-electron chi connectivity index (χ4n) is 2.19. The summed E-state index contributed by atoms with van der Waals surface area (Å²) in [5.41, 5.74) is 1.02. The molecule has 5 nitrogen and oxygen atoms in total. The molecular formula is C15H17FN4OS. The van der Waals surface area contributed by atoms with Crippen molar-refractivity contribution in [1.29, 1.82) is 0 Å². The summed E-state index contributed by atoms with van der Waals surface area (Å²) in [4.78, 5) is 11.9. The molecular weight excluding hydrogens is 303 g/mol. The molecule has 0 spiro atoms. The van der Waals surface area contributed by atoms with E-state index in [9.17, 15) is 9.18 Å². The van der Waals surface area contributed by atoms with Crippen LogP contribution in [-0.2, 0) is 11.8 Å². The van der Waals surface area contributed by atoms with Gasteiger partial charge in [-0.05, 0) is 37.5 Å². The lowest BCUT2D eigenvalue weighted by Gasteiger charge is -2.07. The highest BCUT2D eigenvalue weighted by atomic mass is 32.2. The molecule has 1 amide bonds. The van der Waals surface area contributed by atoms with E-state index < -0.39 is 5.82 Å². The predicted octanol–water partition coefficient (Wildman–Crippen LogP) is 2.87. The van der Waals surface area contributed by atoms with Crippen LogP contribution in [0.2, 0.25) is 0 Å². The molecule has 1 heterocycles. The maximum Gasteiger partial charge on any atom is 0.234 e. The van der Waals surface area contributed by atoms with Gasteiger partial charge in [0.25, 0.3) is 0 Å². The molecule has 116 valence electrons. The van der Waals surface area contributed by atoms with Gasteiger partial charge in [-0.3, -0.25) is 4.79 Å². The number of hydrogen-bond acceptors (Lipinski definition) is 4. The molecule has 1 aromatic carbocycles. The van der Waals surface area contributed by atoms with Crippen LogP contribution in [0.5, 0.6) is 0 Å². The van der Waals surface area contributed by atoms with E-state index in [0.717, 1.165) is 24.2 Å². The van der Waals surface area contributed by atoms with Crippen molar-refractivity contribution in [3.05, 3.63) is 35.4 Å². The van der Waals surface area contributed by atoms with Crippen LogP contribution in [0.15, 0.2) is 23.4 Å². The molecule has 2 aromatic rings. The van der Waals surface area contributed by atoms with Crippen LogP contribution in [-0.4, -0.2) is 26.4 Å². The van der Waals surface area contributed by atoms with Crippen LogP contribution in [0.3, 0.4) is 0 Å². The number of halogens is 1. The number of aryl methyl sites for hydroxylation is 1. The number of rotatable bonds is 5. The zero-order valence-electron chi connectivity index (χ0n) is 12.5. The number of anilines is 1. The van der Waals surface area contributed by atoms with E-state index in [1.54, 1.807) is 19.1 Å². The van der Waals surface area contributed by atoms with Gasteiger partial charge in [-0.25, -0.2) is 4.39 Å². The van der Waals surface area contributed by atoms with Crippen molar-refractivity contribution in [3.63, 3.8) is 0 Å². The fraction of sp³-hybridized carbons (Fsp3) is 0.400. The Kier molecular flexibility index (Phi) is 4.15. The molecule has 3 rings (SSSR count). The molecule has 0 saturated heterocycles. The first kappa shape index (κ1) is 15.0. The topological polar surface area (TPSA) is 59.8 Å². The quantitative estimate of drug-likeness (QED) is 0.861. The van der Waals surface area contributed by atoms with Gasteiger partial charge in [-0.15, -0.1) is 10.2 Å². The Bertz CT molecular complexity index is 712. The lowest BCUT2D eigenvalue weighted by atomic mass is 10.2. The zero-order valence-corrected chi connectivity index (χ0v) is 13.3. The number of amides is 1. The van der Waals surface area contributed by atoms with Gasteiger partial charge in [0.1, 0.15) is 11.6 Å². The Balaban J connectivity index is 1.58. The molecule has 0 unspecified atom stereocenters. The summed E-state index contributed by atoms with van der Waals surface area (Å²) >= 11 is 1.30. The van der Waals surface area contributed by atoms with Gasteiger partial charge in [-0.2, -0.15) is 0 Å². The lowest BCUT2D eigenvalue weighted by molar-refractivity contribution is -0.113. The van der Waals surface area contributed by atoms with Crippen molar-refractivity contribution in [3.8, 4) is 0 Å². The van der Waals surface area contributed by atoms with Crippen LogP contribution in [0.4, 0.5) is 10.1 Å². The number of carbonyl (C=O) groups excluding carboxylic acids is 1. The third-order valence-corrected chi connectivity index (χ3v) is 4.56. The molecule has 1 aromatic heterocycles. The minimum absolute atomic E-state index is 0.171. The molecule has 0 aliphatic heterocycles. The first-order chi connectivity index (χ1) is 10.5. The van der Waals surface area contributed by atoms with E-state index in [-0.39, 0.29) is 17.3 Å². The zero-order chi connectivity index (χ0) is 15.7. The number of benzene rings is 1. The lowest BCUT2D eigenvalue weighted by Crippen LogP contribution is -2.15. The Morgan fingerprint density at radius 3 is 2.91 bits per heavy atom. The minimum Gasteiger partial charge on any atom is -0.323 e. The van der Waals surface area contributed by atoms with Crippen LogP contribution < -0.4 is 5.32 Å². The second-order valence-electron chi connectivity index (χ2n) is 5.49. The standard InChI is InChI=1S/C15H17FN4OS/c1-9-3-6-12(11(16)7-9)17-13(21)8-22-15-19-18-14(20(15)2)10-4-5-10/h3,6-7,10H,4-5,8H2,1-2H3,(H,17,21). The highest BCUT2D eigenvalue weighted by molar-refractivity contribution is 7.99. The Labute approximate surface area is 132 Å². The van der Waals surface area contributed by atoms with E-state index in [1.807, 2.05) is 11.6 Å². The maximum atomic E-state index is 13.7. The fourth-order valence-corrected chi connectivity index (χ4v) is 2.90. The van der Waals surface area contributed by atoms with E-state index in [2.05, 4.69) is 15.5 Å². The van der Waals surface area contributed by atoms with Gasteiger partial charge in [0.2, 0.25) is 5.91 Å². The summed E-state index contributed by atoms with van der Waals surface area (Å²) in [6, 6.07) is 4.73. The minimum atomic E-state index is -0.423. The largest absolute Gasteiger partial charge is 0.323 e. The SMILES string of the molecule is Cc1ccc(NC(=O)CSc2nnc(C3CC3)n2C)c(F)c1. The Morgan fingerprint density at radius 1 is 1.45 bits per heavy atom. The van der Waals surface area contributed by atoms with Crippen LogP contribution >= 0.6 is 11.8 Å². The summed E-state index contributed by atoms with van der Waals surface area (Å²) < 4.78 is 15.6. The third-order valence-electron chi connectivity index (χ3n) is 3.54. The molecule has 1 aliphatic carbocycles. The summed E-state index contributed by atoms with van der Waals surface area (Å²) in [6.45, 7) is 1.80. The molecule has 0 radical (unpaired) electrons. The average Bonchev–Trinajstić information content (AvgIpc) is 3.24.